The molecular weight excluding hydrogens is 132 g/mol. The van der Waals surface area contributed by atoms with Gasteiger partial charge in [-0.05, 0) is 0 Å². The Balaban J connectivity index is 2.39. The van der Waals surface area contributed by atoms with Gasteiger partial charge in [0.1, 0.15) is 11.9 Å². The minimum atomic E-state index is -0.126. The molecule has 1 unspecified atom stereocenters. The van der Waals surface area contributed by atoms with Gasteiger partial charge >= 0.3 is 0 Å². The smallest absolute Gasteiger partial charge is 0.137 e. The highest BCUT2D eigenvalue weighted by atomic mass is 16.6. The zero-order valence-corrected chi connectivity index (χ0v) is 6.04. The van der Waals surface area contributed by atoms with Crippen molar-refractivity contribution < 1.29 is 9.47 Å². The van der Waals surface area contributed by atoms with E-state index in [1.54, 1.807) is 7.05 Å². The van der Waals surface area contributed by atoms with Gasteiger partial charge in [-0.3, -0.25) is 4.99 Å². The number of aliphatic imine (C=N–C) groups is 1. The number of ether oxygens (including phenoxy) is 2. The summed E-state index contributed by atoms with van der Waals surface area (Å²) in [6.07, 6.45) is -0.126. The monoisotopic (exact) mass is 144 g/mol. The summed E-state index contributed by atoms with van der Waals surface area (Å²) in [4.78, 5) is 3.80. The van der Waals surface area contributed by atoms with Gasteiger partial charge in [0.15, 0.2) is 0 Å². The molecule has 10 heavy (non-hydrogen) atoms. The molecule has 1 aliphatic rings. The van der Waals surface area contributed by atoms with E-state index in [1.165, 1.54) is 0 Å². The maximum atomic E-state index is 5.49. The number of hydrogen-bond donors (Lipinski definition) is 1. The molecule has 2 N–H and O–H groups in total. The molecule has 0 radical (unpaired) electrons. The Morgan fingerprint density at radius 1 is 1.60 bits per heavy atom. The van der Waals surface area contributed by atoms with Gasteiger partial charge in [-0.25, -0.2) is 0 Å². The molecule has 0 spiro atoms. The summed E-state index contributed by atoms with van der Waals surface area (Å²) < 4.78 is 10.4. The van der Waals surface area contributed by atoms with Crippen molar-refractivity contribution in [1.82, 2.24) is 0 Å². The molecule has 0 bridgehead atoms. The molecule has 1 atom stereocenters. The lowest BCUT2D eigenvalue weighted by Gasteiger charge is -2.21. The van der Waals surface area contributed by atoms with Gasteiger partial charge in [0.25, 0.3) is 0 Å². The molecule has 1 aliphatic heterocycles. The van der Waals surface area contributed by atoms with Crippen LogP contribution in [0.25, 0.3) is 0 Å². The first-order chi connectivity index (χ1) is 4.84. The molecule has 0 amide bonds. The average Bonchev–Trinajstić information content (AvgIpc) is 2.05. The summed E-state index contributed by atoms with van der Waals surface area (Å²) in [6.45, 7) is 1.80. The maximum absolute atomic E-state index is 5.49. The largest absolute Gasteiger partial charge is 0.385 e. The third-order valence-electron chi connectivity index (χ3n) is 1.40. The summed E-state index contributed by atoms with van der Waals surface area (Å²) in [6, 6.07) is 0. The van der Waals surface area contributed by atoms with E-state index in [1.807, 2.05) is 0 Å². The van der Waals surface area contributed by atoms with Crippen LogP contribution < -0.4 is 5.73 Å². The third-order valence-corrected chi connectivity index (χ3v) is 1.40. The van der Waals surface area contributed by atoms with E-state index < -0.39 is 0 Å². The van der Waals surface area contributed by atoms with Crippen LogP contribution in [-0.4, -0.2) is 38.8 Å². The highest BCUT2D eigenvalue weighted by molar-refractivity contribution is 5.84. The topological polar surface area (TPSA) is 56.8 Å². The van der Waals surface area contributed by atoms with Crippen LogP contribution in [0.5, 0.6) is 0 Å². The Bertz CT molecular complexity index is 130. The van der Waals surface area contributed by atoms with Gasteiger partial charge in [-0.15, -0.1) is 0 Å². The molecule has 1 rings (SSSR count). The fourth-order valence-corrected chi connectivity index (χ4v) is 0.803. The van der Waals surface area contributed by atoms with E-state index >= 15 is 0 Å². The van der Waals surface area contributed by atoms with Crippen LogP contribution in [-0.2, 0) is 9.47 Å². The minimum Gasteiger partial charge on any atom is -0.385 e. The van der Waals surface area contributed by atoms with Crippen LogP contribution in [0.2, 0.25) is 0 Å². The molecule has 1 fully saturated rings. The Hall–Kier alpha value is -0.610. The normalized spacial score (nSPS) is 28.5. The number of nitrogens with two attached hydrogens (primary N) is 1. The van der Waals surface area contributed by atoms with E-state index in [9.17, 15) is 0 Å². The summed E-state index contributed by atoms with van der Waals surface area (Å²) in [5, 5.41) is 0. The zero-order valence-electron chi connectivity index (χ0n) is 6.04. The van der Waals surface area contributed by atoms with Crippen molar-refractivity contribution in [3.05, 3.63) is 0 Å². The van der Waals surface area contributed by atoms with Crippen LogP contribution in [0.3, 0.4) is 0 Å². The molecule has 0 aliphatic carbocycles. The van der Waals surface area contributed by atoms with Crippen LogP contribution in [0.1, 0.15) is 0 Å². The lowest BCUT2D eigenvalue weighted by molar-refractivity contribution is -0.0598. The third kappa shape index (κ3) is 1.68. The average molecular weight is 144 g/mol. The van der Waals surface area contributed by atoms with Crippen molar-refractivity contribution >= 4 is 5.84 Å². The second-order valence-corrected chi connectivity index (χ2v) is 2.08. The molecule has 1 saturated heterocycles. The SMILES string of the molecule is CN=C(N)C1COCCO1. The zero-order chi connectivity index (χ0) is 7.40. The van der Waals surface area contributed by atoms with Crippen molar-refractivity contribution in [2.24, 2.45) is 10.7 Å². The van der Waals surface area contributed by atoms with Crippen LogP contribution in [0.15, 0.2) is 4.99 Å². The summed E-state index contributed by atoms with van der Waals surface area (Å²) >= 11 is 0. The van der Waals surface area contributed by atoms with Crippen molar-refractivity contribution in [2.45, 2.75) is 6.10 Å². The van der Waals surface area contributed by atoms with Crippen LogP contribution >= 0.6 is 0 Å². The van der Waals surface area contributed by atoms with Gasteiger partial charge in [-0.2, -0.15) is 0 Å². The van der Waals surface area contributed by atoms with Crippen molar-refractivity contribution in [3.63, 3.8) is 0 Å². The molecule has 0 aromatic carbocycles. The van der Waals surface area contributed by atoms with Gasteiger partial charge < -0.3 is 15.2 Å². The number of hydrogen-bond acceptors (Lipinski definition) is 3. The van der Waals surface area contributed by atoms with Gasteiger partial charge in [0.05, 0.1) is 19.8 Å². The highest BCUT2D eigenvalue weighted by Gasteiger charge is 2.16. The number of nitrogens with zero attached hydrogens (tertiary/aromatic N) is 1. The highest BCUT2D eigenvalue weighted by Crippen LogP contribution is 1.99. The summed E-state index contributed by atoms with van der Waals surface area (Å²) in [5.74, 6) is 0.514. The van der Waals surface area contributed by atoms with Crippen LogP contribution in [0, 0.1) is 0 Å². The number of amidine groups is 1. The van der Waals surface area contributed by atoms with E-state index in [0.29, 0.717) is 25.7 Å². The van der Waals surface area contributed by atoms with E-state index in [2.05, 4.69) is 4.99 Å². The van der Waals surface area contributed by atoms with E-state index in [-0.39, 0.29) is 6.10 Å². The molecule has 0 aromatic heterocycles. The first-order valence-electron chi connectivity index (χ1n) is 3.26. The van der Waals surface area contributed by atoms with Gasteiger partial charge in [0, 0.05) is 7.05 Å². The lowest BCUT2D eigenvalue weighted by Crippen LogP contribution is -2.39. The van der Waals surface area contributed by atoms with Gasteiger partial charge in [-0.1, -0.05) is 0 Å². The predicted octanol–water partition coefficient (Wildman–Crippen LogP) is -0.611. The fourth-order valence-electron chi connectivity index (χ4n) is 0.803. The molecule has 1 heterocycles. The number of rotatable bonds is 1. The van der Waals surface area contributed by atoms with Gasteiger partial charge in [0.2, 0.25) is 0 Å². The Labute approximate surface area is 60.0 Å². The summed E-state index contributed by atoms with van der Waals surface area (Å²) in [7, 11) is 1.65. The first kappa shape index (κ1) is 7.50. The Morgan fingerprint density at radius 3 is 2.90 bits per heavy atom. The minimum absolute atomic E-state index is 0.126. The van der Waals surface area contributed by atoms with Crippen molar-refractivity contribution in [2.75, 3.05) is 26.9 Å². The molecule has 0 saturated carbocycles. The molecule has 58 valence electrons. The van der Waals surface area contributed by atoms with Crippen LogP contribution in [0.4, 0.5) is 0 Å². The molecule has 4 nitrogen and oxygen atoms in total. The lowest BCUT2D eigenvalue weighted by atomic mass is 10.3. The molecule has 0 aromatic rings. The van der Waals surface area contributed by atoms with Crippen molar-refractivity contribution in [1.29, 1.82) is 0 Å². The molecule has 4 heteroatoms. The predicted molar refractivity (Wildman–Crippen MR) is 38.1 cm³/mol. The van der Waals surface area contributed by atoms with E-state index in [0.717, 1.165) is 0 Å². The second-order valence-electron chi connectivity index (χ2n) is 2.08. The quantitative estimate of drug-likeness (QED) is 0.394. The van der Waals surface area contributed by atoms with Crippen molar-refractivity contribution in [3.8, 4) is 0 Å². The fraction of sp³-hybridized carbons (Fsp3) is 0.833. The second kappa shape index (κ2) is 3.53. The Morgan fingerprint density at radius 2 is 2.40 bits per heavy atom. The Kier molecular flexibility index (Phi) is 2.65. The molecular formula is C6H12N2O2. The first-order valence-corrected chi connectivity index (χ1v) is 3.26. The summed E-state index contributed by atoms with van der Waals surface area (Å²) in [5.41, 5.74) is 5.49. The maximum Gasteiger partial charge on any atom is 0.137 e. The standard InChI is InChI=1S/C6H12N2O2/c1-8-6(7)5-4-9-2-3-10-5/h5H,2-4H2,1H3,(H2,7,8). The van der Waals surface area contributed by atoms with E-state index in [4.69, 9.17) is 15.2 Å².